The number of esters is 2. The number of carbonyl (C=O) groups is 2. The van der Waals surface area contributed by atoms with Crippen molar-refractivity contribution in [3.8, 4) is 0 Å². The first-order valence-electron chi connectivity index (χ1n) is 20.6. The first-order chi connectivity index (χ1) is 24.7. The van der Waals surface area contributed by atoms with Crippen molar-refractivity contribution in [2.24, 2.45) is 0 Å². The van der Waals surface area contributed by atoms with Gasteiger partial charge in [-0.3, -0.25) is 14.2 Å². The summed E-state index contributed by atoms with van der Waals surface area (Å²) in [7, 11) is -4.86. The van der Waals surface area contributed by atoms with Crippen molar-refractivity contribution in [3.63, 3.8) is 0 Å². The molecular weight excluding hydrogens is 694 g/mol. The fourth-order valence-electron chi connectivity index (χ4n) is 5.69. The Bertz CT molecular complexity index is 875. The van der Waals surface area contributed by atoms with Gasteiger partial charge in [-0.05, 0) is 38.5 Å². The topological polar surface area (TPSA) is 152 Å². The third-order valence-corrected chi connectivity index (χ3v) is 9.84. The molecule has 0 fully saturated rings. The van der Waals surface area contributed by atoms with Crippen LogP contribution in [0.5, 0.6) is 0 Å². The molecule has 0 saturated heterocycles. The summed E-state index contributed by atoms with van der Waals surface area (Å²) in [4.78, 5) is 37.0. The van der Waals surface area contributed by atoms with Gasteiger partial charge in [0.1, 0.15) is 12.7 Å². The number of hydrogen-bond acceptors (Lipinski definition) is 10. The van der Waals surface area contributed by atoms with Crippen LogP contribution in [-0.2, 0) is 32.7 Å². The molecule has 0 aliphatic carbocycles. The van der Waals surface area contributed by atoms with E-state index in [0.717, 1.165) is 57.8 Å². The molecule has 0 rings (SSSR count). The van der Waals surface area contributed by atoms with Crippen LogP contribution >= 0.6 is 7.82 Å². The maximum absolute atomic E-state index is 12.6. The van der Waals surface area contributed by atoms with Crippen molar-refractivity contribution in [3.05, 3.63) is 12.2 Å². The van der Waals surface area contributed by atoms with E-state index in [0.29, 0.717) is 12.8 Å². The van der Waals surface area contributed by atoms with Crippen LogP contribution in [0.3, 0.4) is 0 Å². The second-order valence-electron chi connectivity index (χ2n) is 14.0. The van der Waals surface area contributed by atoms with Crippen LogP contribution in [0.1, 0.15) is 194 Å². The Balaban J connectivity index is 0. The molecule has 0 aliphatic heterocycles. The average molecular weight is 771 g/mol. The molecule has 2 N–H and O–H groups in total. The van der Waals surface area contributed by atoms with E-state index in [2.05, 4.69) is 30.5 Å². The van der Waals surface area contributed by atoms with E-state index in [1.54, 1.807) is 0 Å². The summed E-state index contributed by atoms with van der Waals surface area (Å²) >= 11 is 0. The predicted molar refractivity (Wildman–Crippen MR) is 203 cm³/mol. The van der Waals surface area contributed by atoms with Gasteiger partial charge in [-0.1, -0.05) is 154 Å². The number of rotatable bonds is 39. The van der Waals surface area contributed by atoms with Gasteiger partial charge in [0.25, 0.3) is 7.82 Å². The second kappa shape index (κ2) is 40.4. The Kier molecular flexibility index (Phi) is 41.8. The molecule has 3 atom stereocenters. The molecule has 0 spiro atoms. The number of phosphoric ester groups is 1. The van der Waals surface area contributed by atoms with Crippen LogP contribution in [0.15, 0.2) is 12.2 Å². The Morgan fingerprint density at radius 3 is 1.42 bits per heavy atom. The van der Waals surface area contributed by atoms with Gasteiger partial charge < -0.3 is 33.6 Å². The van der Waals surface area contributed by atoms with Gasteiger partial charge >= 0.3 is 41.5 Å². The van der Waals surface area contributed by atoms with Gasteiger partial charge in [0, 0.05) is 12.8 Å². The molecule has 12 heteroatoms. The SMILES string of the molecule is CCCCCCCC/C=C\CCCCCCCC(=O)O[C@H](COC(=O)CCCCCCCCCCCCCCC)COP(=O)([O-])OCC(O)CO.[Na+]. The van der Waals surface area contributed by atoms with E-state index in [-0.39, 0.29) is 49.0 Å². The molecule has 0 aliphatic rings. The molecule has 0 aromatic heterocycles. The number of aliphatic hydroxyl groups excluding tert-OH is 2. The van der Waals surface area contributed by atoms with Crippen LogP contribution in [0.25, 0.3) is 0 Å². The molecular formula is C40H76NaO10P. The smallest absolute Gasteiger partial charge is 0.756 e. The number of unbranched alkanes of at least 4 members (excludes halogenated alkanes) is 23. The quantitative estimate of drug-likeness (QED) is 0.0224. The van der Waals surface area contributed by atoms with Gasteiger partial charge in [-0.25, -0.2) is 0 Å². The van der Waals surface area contributed by atoms with Gasteiger partial charge in [0.05, 0.1) is 19.8 Å². The summed E-state index contributed by atoms with van der Waals surface area (Å²) in [6, 6.07) is 0. The van der Waals surface area contributed by atoms with E-state index >= 15 is 0 Å². The van der Waals surface area contributed by atoms with Gasteiger partial charge in [0.2, 0.25) is 0 Å². The maximum Gasteiger partial charge on any atom is 1.00 e. The molecule has 0 amide bonds. The zero-order valence-corrected chi connectivity index (χ0v) is 36.4. The largest absolute Gasteiger partial charge is 1.00 e. The molecule has 0 radical (unpaired) electrons. The van der Waals surface area contributed by atoms with Crippen LogP contribution in [-0.4, -0.2) is 60.8 Å². The summed E-state index contributed by atoms with van der Waals surface area (Å²) < 4.78 is 32.3. The molecule has 10 nitrogen and oxygen atoms in total. The molecule has 302 valence electrons. The number of aliphatic hydroxyl groups is 2. The second-order valence-corrected chi connectivity index (χ2v) is 15.4. The molecule has 52 heavy (non-hydrogen) atoms. The summed E-state index contributed by atoms with van der Waals surface area (Å²) in [5.74, 6) is -0.963. The van der Waals surface area contributed by atoms with Crippen molar-refractivity contribution in [1.29, 1.82) is 0 Å². The number of hydrogen-bond donors (Lipinski definition) is 2. The molecule has 0 aromatic rings. The Morgan fingerprint density at radius 2 is 0.981 bits per heavy atom. The molecule has 0 bridgehead atoms. The van der Waals surface area contributed by atoms with Crippen molar-refractivity contribution in [1.82, 2.24) is 0 Å². The summed E-state index contributed by atoms with van der Waals surface area (Å²) in [6.45, 7) is 2.19. The van der Waals surface area contributed by atoms with Crippen LogP contribution in [0.2, 0.25) is 0 Å². The van der Waals surface area contributed by atoms with Gasteiger partial charge in [0.15, 0.2) is 6.10 Å². The molecule has 0 heterocycles. The van der Waals surface area contributed by atoms with Crippen molar-refractivity contribution < 1.29 is 77.3 Å². The fraction of sp³-hybridized carbons (Fsp3) is 0.900. The maximum atomic E-state index is 12.6. The monoisotopic (exact) mass is 771 g/mol. The van der Waals surface area contributed by atoms with Crippen LogP contribution in [0.4, 0.5) is 0 Å². The van der Waals surface area contributed by atoms with E-state index in [1.165, 1.54) is 96.3 Å². The van der Waals surface area contributed by atoms with Crippen LogP contribution in [0, 0.1) is 0 Å². The van der Waals surface area contributed by atoms with Crippen molar-refractivity contribution in [2.45, 2.75) is 206 Å². The standard InChI is InChI=1S/C40H77O10P.Na/c1-3-5-7-9-11-13-15-17-18-20-22-24-26-28-30-32-40(44)50-38(36-49-51(45,46)48-34-37(42)33-41)35-47-39(43)31-29-27-25-23-21-19-16-14-12-10-8-6-4-2;/h17-18,37-38,41-42H,3-16,19-36H2,1-2H3,(H,45,46);/q;+1/p-1/b18-17-;/t37?,38-;/m1./s1. The number of ether oxygens (including phenoxy) is 2. The van der Waals surface area contributed by atoms with E-state index in [9.17, 15) is 24.2 Å². The summed E-state index contributed by atoms with van der Waals surface area (Å²) in [5, 5.41) is 18.2. The summed E-state index contributed by atoms with van der Waals surface area (Å²) in [5.41, 5.74) is 0. The number of phosphoric acid groups is 1. The minimum Gasteiger partial charge on any atom is -0.756 e. The van der Waals surface area contributed by atoms with Crippen molar-refractivity contribution in [2.75, 3.05) is 26.4 Å². The third-order valence-electron chi connectivity index (χ3n) is 8.91. The first kappa shape index (κ1) is 53.8. The Morgan fingerprint density at radius 1 is 0.596 bits per heavy atom. The predicted octanol–water partition coefficient (Wildman–Crippen LogP) is 6.82. The average Bonchev–Trinajstić information content (AvgIpc) is 3.12. The molecule has 0 aromatic carbocycles. The minimum absolute atomic E-state index is 0. The Labute approximate surface area is 339 Å². The number of carbonyl (C=O) groups excluding carboxylic acids is 2. The van der Waals surface area contributed by atoms with Gasteiger partial charge in [-0.15, -0.1) is 0 Å². The van der Waals surface area contributed by atoms with E-state index < -0.39 is 51.8 Å². The van der Waals surface area contributed by atoms with Crippen LogP contribution < -0.4 is 34.5 Å². The molecule has 0 saturated carbocycles. The normalized spacial score (nSPS) is 13.8. The fourth-order valence-corrected chi connectivity index (χ4v) is 6.47. The minimum atomic E-state index is -4.86. The Hall–Kier alpha value is -0.290. The van der Waals surface area contributed by atoms with Gasteiger partial charge in [-0.2, -0.15) is 0 Å². The van der Waals surface area contributed by atoms with E-state index in [4.69, 9.17) is 19.1 Å². The zero-order chi connectivity index (χ0) is 37.7. The molecule has 2 unspecified atom stereocenters. The summed E-state index contributed by atoms with van der Waals surface area (Å²) in [6.07, 6.45) is 32.9. The van der Waals surface area contributed by atoms with Crippen molar-refractivity contribution >= 4 is 19.8 Å². The zero-order valence-electron chi connectivity index (χ0n) is 33.5. The van der Waals surface area contributed by atoms with E-state index in [1.807, 2.05) is 0 Å². The first-order valence-corrected chi connectivity index (χ1v) is 22.1. The number of allylic oxidation sites excluding steroid dienone is 2. The third kappa shape index (κ3) is 39.4.